The van der Waals surface area contributed by atoms with Crippen LogP contribution in [0.4, 0.5) is 11.4 Å². The number of hydrogen-bond acceptors (Lipinski definition) is 3. The second-order valence-corrected chi connectivity index (χ2v) is 7.36. The highest BCUT2D eigenvalue weighted by Gasteiger charge is 2.26. The van der Waals surface area contributed by atoms with E-state index in [0.29, 0.717) is 0 Å². The Morgan fingerprint density at radius 3 is 2.40 bits per heavy atom. The van der Waals surface area contributed by atoms with Crippen molar-refractivity contribution in [3.63, 3.8) is 0 Å². The SMILES string of the molecule is Cc1ccc(NC(=O)[C@H](C)N2CCN(c3ccccc3)CC2)c(Br)c1. The van der Waals surface area contributed by atoms with E-state index in [-0.39, 0.29) is 11.9 Å². The maximum Gasteiger partial charge on any atom is 0.241 e. The minimum absolute atomic E-state index is 0.0396. The Bertz CT molecular complexity index is 727. The second kappa shape index (κ2) is 8.02. The van der Waals surface area contributed by atoms with Crippen molar-refractivity contribution < 1.29 is 4.79 Å². The molecule has 0 unspecified atom stereocenters. The summed E-state index contributed by atoms with van der Waals surface area (Å²) in [5.41, 5.74) is 3.24. The van der Waals surface area contributed by atoms with Crippen LogP contribution in [0.1, 0.15) is 12.5 Å². The van der Waals surface area contributed by atoms with Gasteiger partial charge in [0.25, 0.3) is 0 Å². The number of nitrogens with zero attached hydrogens (tertiary/aromatic N) is 2. The number of para-hydroxylation sites is 1. The molecule has 1 aliphatic heterocycles. The molecule has 1 saturated heterocycles. The molecule has 4 nitrogen and oxygen atoms in total. The molecule has 1 fully saturated rings. The van der Waals surface area contributed by atoms with E-state index in [9.17, 15) is 4.79 Å². The van der Waals surface area contributed by atoms with Crippen molar-refractivity contribution in [1.29, 1.82) is 0 Å². The number of hydrogen-bond donors (Lipinski definition) is 1. The Labute approximate surface area is 158 Å². The van der Waals surface area contributed by atoms with E-state index in [0.717, 1.165) is 41.9 Å². The number of nitrogens with one attached hydrogen (secondary N) is 1. The summed E-state index contributed by atoms with van der Waals surface area (Å²) in [4.78, 5) is 17.2. The fourth-order valence-electron chi connectivity index (χ4n) is 3.13. The van der Waals surface area contributed by atoms with Crippen LogP contribution in [0.15, 0.2) is 53.0 Å². The molecule has 0 aromatic heterocycles. The number of rotatable bonds is 4. The molecule has 1 aliphatic rings. The lowest BCUT2D eigenvalue weighted by atomic mass is 10.2. The number of aryl methyl sites for hydroxylation is 1. The predicted octanol–water partition coefficient (Wildman–Crippen LogP) is 3.91. The number of anilines is 2. The summed E-state index contributed by atoms with van der Waals surface area (Å²) in [6.45, 7) is 7.67. The van der Waals surface area contributed by atoms with Gasteiger partial charge in [-0.2, -0.15) is 0 Å². The van der Waals surface area contributed by atoms with Crippen LogP contribution < -0.4 is 10.2 Å². The van der Waals surface area contributed by atoms with Crippen molar-refractivity contribution in [1.82, 2.24) is 4.90 Å². The minimum Gasteiger partial charge on any atom is -0.369 e. The van der Waals surface area contributed by atoms with Crippen molar-refractivity contribution in [2.75, 3.05) is 36.4 Å². The predicted molar refractivity (Wildman–Crippen MR) is 107 cm³/mol. The van der Waals surface area contributed by atoms with Crippen LogP contribution in [0.5, 0.6) is 0 Å². The molecule has 0 aliphatic carbocycles. The van der Waals surface area contributed by atoms with E-state index in [4.69, 9.17) is 0 Å². The number of halogens is 1. The quantitative estimate of drug-likeness (QED) is 0.843. The van der Waals surface area contributed by atoms with E-state index in [1.54, 1.807) is 0 Å². The molecular formula is C20H24BrN3O. The zero-order chi connectivity index (χ0) is 17.8. The van der Waals surface area contributed by atoms with Crippen LogP contribution in [-0.4, -0.2) is 43.0 Å². The monoisotopic (exact) mass is 401 g/mol. The maximum absolute atomic E-state index is 12.6. The van der Waals surface area contributed by atoms with Crippen LogP contribution >= 0.6 is 15.9 Å². The van der Waals surface area contributed by atoms with Gasteiger partial charge in [-0.15, -0.1) is 0 Å². The van der Waals surface area contributed by atoms with Gasteiger partial charge in [-0.05, 0) is 59.6 Å². The average molecular weight is 402 g/mol. The number of amides is 1. The van der Waals surface area contributed by atoms with Crippen LogP contribution in [-0.2, 0) is 4.79 Å². The van der Waals surface area contributed by atoms with Gasteiger partial charge in [0.05, 0.1) is 11.7 Å². The third kappa shape index (κ3) is 4.41. The summed E-state index contributed by atoms with van der Waals surface area (Å²) < 4.78 is 0.918. The molecule has 0 radical (unpaired) electrons. The Kier molecular flexibility index (Phi) is 5.76. The molecule has 0 saturated carbocycles. The van der Waals surface area contributed by atoms with Crippen molar-refractivity contribution in [2.24, 2.45) is 0 Å². The number of benzene rings is 2. The first kappa shape index (κ1) is 18.0. The van der Waals surface area contributed by atoms with E-state index < -0.39 is 0 Å². The van der Waals surface area contributed by atoms with Crippen molar-refractivity contribution in [3.05, 3.63) is 58.6 Å². The Balaban J connectivity index is 1.56. The first-order chi connectivity index (χ1) is 12.0. The van der Waals surface area contributed by atoms with Crippen LogP contribution in [0.2, 0.25) is 0 Å². The molecule has 1 amide bonds. The third-order valence-corrected chi connectivity index (χ3v) is 5.40. The number of piperazine rings is 1. The summed E-state index contributed by atoms with van der Waals surface area (Å²) in [6, 6.07) is 16.3. The molecular weight excluding hydrogens is 378 g/mol. The van der Waals surface area contributed by atoms with E-state index in [1.165, 1.54) is 5.69 Å². The molecule has 1 N–H and O–H groups in total. The molecule has 1 heterocycles. The van der Waals surface area contributed by atoms with Gasteiger partial charge in [0.2, 0.25) is 5.91 Å². The zero-order valence-electron chi connectivity index (χ0n) is 14.7. The molecule has 0 bridgehead atoms. The van der Waals surface area contributed by atoms with E-state index >= 15 is 0 Å². The lowest BCUT2D eigenvalue weighted by molar-refractivity contribution is -0.120. The van der Waals surface area contributed by atoms with Crippen molar-refractivity contribution >= 4 is 33.2 Å². The van der Waals surface area contributed by atoms with Crippen LogP contribution in [0, 0.1) is 6.92 Å². The summed E-state index contributed by atoms with van der Waals surface area (Å²) in [6.07, 6.45) is 0. The summed E-state index contributed by atoms with van der Waals surface area (Å²) in [7, 11) is 0. The summed E-state index contributed by atoms with van der Waals surface area (Å²) in [5, 5.41) is 3.04. The molecule has 2 aromatic rings. The van der Waals surface area contributed by atoms with Gasteiger partial charge in [0.15, 0.2) is 0 Å². The van der Waals surface area contributed by atoms with Crippen LogP contribution in [0.3, 0.4) is 0 Å². The van der Waals surface area contributed by atoms with Gasteiger partial charge < -0.3 is 10.2 Å². The summed E-state index contributed by atoms with van der Waals surface area (Å²) in [5.74, 6) is 0.0396. The van der Waals surface area contributed by atoms with Crippen LogP contribution in [0.25, 0.3) is 0 Å². The standard InChI is InChI=1S/C20H24BrN3O/c1-15-8-9-19(18(21)14-15)22-20(25)16(2)23-10-12-24(13-11-23)17-6-4-3-5-7-17/h3-9,14,16H,10-13H2,1-2H3,(H,22,25)/t16-/m0/s1. The normalized spacial score (nSPS) is 16.5. The smallest absolute Gasteiger partial charge is 0.241 e. The van der Waals surface area contributed by atoms with E-state index in [1.807, 2.05) is 38.1 Å². The fourth-order valence-corrected chi connectivity index (χ4v) is 3.72. The molecule has 0 spiro atoms. The van der Waals surface area contributed by atoms with Crippen molar-refractivity contribution in [3.8, 4) is 0 Å². The largest absolute Gasteiger partial charge is 0.369 e. The van der Waals surface area contributed by atoms with Crippen molar-refractivity contribution in [2.45, 2.75) is 19.9 Å². The third-order valence-electron chi connectivity index (χ3n) is 4.75. The number of carbonyl (C=O) groups is 1. The highest BCUT2D eigenvalue weighted by Crippen LogP contribution is 2.24. The first-order valence-corrected chi connectivity index (χ1v) is 9.45. The molecule has 5 heteroatoms. The van der Waals surface area contributed by atoms with E-state index in [2.05, 4.69) is 55.3 Å². The lowest BCUT2D eigenvalue weighted by Crippen LogP contribution is -2.52. The molecule has 2 aromatic carbocycles. The molecule has 1 atom stereocenters. The first-order valence-electron chi connectivity index (χ1n) is 8.65. The minimum atomic E-state index is -0.147. The highest BCUT2D eigenvalue weighted by molar-refractivity contribution is 9.10. The van der Waals surface area contributed by atoms with Gasteiger partial charge >= 0.3 is 0 Å². The molecule has 132 valence electrons. The highest BCUT2D eigenvalue weighted by atomic mass is 79.9. The van der Waals surface area contributed by atoms with Gasteiger partial charge in [-0.1, -0.05) is 24.3 Å². The Hall–Kier alpha value is -1.85. The summed E-state index contributed by atoms with van der Waals surface area (Å²) >= 11 is 3.52. The Morgan fingerprint density at radius 1 is 1.08 bits per heavy atom. The molecule has 3 rings (SSSR count). The second-order valence-electron chi connectivity index (χ2n) is 6.51. The lowest BCUT2D eigenvalue weighted by Gasteiger charge is -2.38. The molecule has 25 heavy (non-hydrogen) atoms. The zero-order valence-corrected chi connectivity index (χ0v) is 16.3. The van der Waals surface area contributed by atoms with Gasteiger partial charge in [0, 0.05) is 36.3 Å². The Morgan fingerprint density at radius 2 is 1.76 bits per heavy atom. The maximum atomic E-state index is 12.6. The van der Waals surface area contributed by atoms with Gasteiger partial charge in [0.1, 0.15) is 0 Å². The average Bonchev–Trinajstić information content (AvgIpc) is 2.64. The van der Waals surface area contributed by atoms with Gasteiger partial charge in [-0.3, -0.25) is 9.69 Å². The van der Waals surface area contributed by atoms with Gasteiger partial charge in [-0.25, -0.2) is 0 Å². The topological polar surface area (TPSA) is 35.6 Å². The number of carbonyl (C=O) groups excluding carboxylic acids is 1. The fraction of sp³-hybridized carbons (Fsp3) is 0.350.